The first-order chi connectivity index (χ1) is 27.3. The van der Waals surface area contributed by atoms with Crippen LogP contribution in [0.15, 0.2) is 194 Å². The maximum Gasteiger partial charge on any atom is 0.0541 e. The molecule has 1 heterocycles. The molecule has 0 fully saturated rings. The predicted octanol–water partition coefficient (Wildman–Crippen LogP) is 14.8. The fraction of sp³-hybridized carbons (Fsp3) is 0.111. The summed E-state index contributed by atoms with van der Waals surface area (Å²) < 4.78 is 2.44. The Morgan fingerprint density at radius 1 is 0.357 bits per heavy atom. The van der Waals surface area contributed by atoms with Gasteiger partial charge < -0.3 is 9.47 Å². The summed E-state index contributed by atoms with van der Waals surface area (Å²) in [6, 6.07) is 71.2. The first-order valence-electron chi connectivity index (χ1n) is 19.7. The second-order valence-corrected chi connectivity index (χ2v) is 16.2. The molecule has 0 radical (unpaired) electrons. The van der Waals surface area contributed by atoms with E-state index in [1.165, 1.54) is 72.0 Å². The summed E-state index contributed by atoms with van der Waals surface area (Å²) in [7, 11) is 0. The van der Waals surface area contributed by atoms with Crippen molar-refractivity contribution < 1.29 is 0 Å². The molecule has 8 aromatic carbocycles. The lowest BCUT2D eigenvalue weighted by atomic mass is 9.55. The first kappa shape index (κ1) is 33.9. The molecular formula is C54H44N2. The molecule has 1 aliphatic rings. The SMILES string of the molecule is CC1(C)c2ccc(N(c3ccc(-c4ccccc4)cc3)c3ccc(-c4ccccc4)cc3)cc2-c2cc(-n3c4ccccc4c4ccccc43)ccc2C1(C)C. The van der Waals surface area contributed by atoms with Crippen LogP contribution in [0.2, 0.25) is 0 Å². The van der Waals surface area contributed by atoms with Crippen LogP contribution in [0.5, 0.6) is 0 Å². The van der Waals surface area contributed by atoms with Crippen LogP contribution in [0.25, 0.3) is 60.9 Å². The van der Waals surface area contributed by atoms with Crippen LogP contribution in [0.3, 0.4) is 0 Å². The van der Waals surface area contributed by atoms with E-state index in [9.17, 15) is 0 Å². The van der Waals surface area contributed by atoms with Gasteiger partial charge in [0.1, 0.15) is 0 Å². The van der Waals surface area contributed by atoms with E-state index in [1.807, 2.05) is 0 Å². The van der Waals surface area contributed by atoms with Gasteiger partial charge in [-0.2, -0.15) is 0 Å². The quantitative estimate of drug-likeness (QED) is 0.166. The highest BCUT2D eigenvalue weighted by molar-refractivity contribution is 6.09. The van der Waals surface area contributed by atoms with Crippen molar-refractivity contribution in [1.82, 2.24) is 4.57 Å². The van der Waals surface area contributed by atoms with Crippen LogP contribution in [0, 0.1) is 0 Å². The van der Waals surface area contributed by atoms with Crippen molar-refractivity contribution in [3.05, 3.63) is 205 Å². The van der Waals surface area contributed by atoms with Crippen molar-refractivity contribution in [2.45, 2.75) is 38.5 Å². The lowest BCUT2D eigenvalue weighted by molar-refractivity contribution is 0.299. The van der Waals surface area contributed by atoms with Crippen LogP contribution >= 0.6 is 0 Å². The van der Waals surface area contributed by atoms with E-state index in [2.05, 4.69) is 231 Å². The molecular weight excluding hydrogens is 677 g/mol. The van der Waals surface area contributed by atoms with Crippen molar-refractivity contribution in [2.24, 2.45) is 0 Å². The van der Waals surface area contributed by atoms with Crippen molar-refractivity contribution in [3.63, 3.8) is 0 Å². The van der Waals surface area contributed by atoms with Crippen LogP contribution in [-0.4, -0.2) is 4.57 Å². The molecule has 0 amide bonds. The third-order valence-electron chi connectivity index (χ3n) is 12.8. The lowest BCUT2D eigenvalue weighted by Gasteiger charge is -2.48. The van der Waals surface area contributed by atoms with E-state index in [0.717, 1.165) is 17.1 Å². The second-order valence-electron chi connectivity index (χ2n) is 16.2. The summed E-state index contributed by atoms with van der Waals surface area (Å²) in [4.78, 5) is 2.41. The van der Waals surface area contributed by atoms with E-state index in [1.54, 1.807) is 0 Å². The smallest absolute Gasteiger partial charge is 0.0541 e. The fourth-order valence-electron chi connectivity index (χ4n) is 9.07. The maximum atomic E-state index is 2.45. The Morgan fingerprint density at radius 3 is 1.25 bits per heavy atom. The molecule has 0 saturated heterocycles. The van der Waals surface area contributed by atoms with Crippen molar-refractivity contribution in [2.75, 3.05) is 4.90 Å². The predicted molar refractivity (Wildman–Crippen MR) is 238 cm³/mol. The molecule has 0 aliphatic heterocycles. The molecule has 56 heavy (non-hydrogen) atoms. The van der Waals surface area contributed by atoms with Gasteiger partial charge in [-0.15, -0.1) is 0 Å². The zero-order chi connectivity index (χ0) is 38.0. The van der Waals surface area contributed by atoms with Gasteiger partial charge in [-0.05, 0) is 116 Å². The third-order valence-corrected chi connectivity index (χ3v) is 12.8. The summed E-state index contributed by atoms with van der Waals surface area (Å²) in [6.07, 6.45) is 0. The topological polar surface area (TPSA) is 8.17 Å². The van der Waals surface area contributed by atoms with E-state index >= 15 is 0 Å². The molecule has 2 heteroatoms. The van der Waals surface area contributed by atoms with Gasteiger partial charge in [0.25, 0.3) is 0 Å². The van der Waals surface area contributed by atoms with Gasteiger partial charge in [-0.25, -0.2) is 0 Å². The van der Waals surface area contributed by atoms with Crippen LogP contribution in [0.4, 0.5) is 17.1 Å². The minimum atomic E-state index is -0.109. The molecule has 9 aromatic rings. The van der Waals surface area contributed by atoms with Gasteiger partial charge in [0.15, 0.2) is 0 Å². The highest BCUT2D eigenvalue weighted by Gasteiger charge is 2.46. The highest BCUT2D eigenvalue weighted by Crippen LogP contribution is 2.55. The van der Waals surface area contributed by atoms with Crippen molar-refractivity contribution in [1.29, 1.82) is 0 Å². The molecule has 0 N–H and O–H groups in total. The van der Waals surface area contributed by atoms with Gasteiger partial charge >= 0.3 is 0 Å². The van der Waals surface area contributed by atoms with E-state index in [0.29, 0.717) is 0 Å². The number of aromatic nitrogens is 1. The Balaban J connectivity index is 1.16. The van der Waals surface area contributed by atoms with Crippen molar-refractivity contribution in [3.8, 4) is 39.1 Å². The number of nitrogens with zero attached hydrogens (tertiary/aromatic N) is 2. The van der Waals surface area contributed by atoms with Gasteiger partial charge in [0.05, 0.1) is 11.0 Å². The molecule has 2 nitrogen and oxygen atoms in total. The normalized spacial score (nSPS) is 14.0. The molecule has 0 unspecified atom stereocenters. The molecule has 270 valence electrons. The average Bonchev–Trinajstić information content (AvgIpc) is 3.58. The zero-order valence-electron chi connectivity index (χ0n) is 32.4. The highest BCUT2D eigenvalue weighted by atomic mass is 15.1. The Labute approximate surface area is 330 Å². The second kappa shape index (κ2) is 13.0. The molecule has 0 bridgehead atoms. The summed E-state index contributed by atoms with van der Waals surface area (Å²) in [5.74, 6) is 0. The summed E-state index contributed by atoms with van der Waals surface area (Å²) in [5.41, 5.74) is 17.0. The molecule has 0 saturated carbocycles. The summed E-state index contributed by atoms with van der Waals surface area (Å²) in [5, 5.41) is 2.55. The van der Waals surface area contributed by atoms with Crippen LogP contribution in [0.1, 0.15) is 38.8 Å². The van der Waals surface area contributed by atoms with Gasteiger partial charge in [-0.3, -0.25) is 0 Å². The maximum absolute atomic E-state index is 2.45. The molecule has 0 spiro atoms. The van der Waals surface area contributed by atoms with E-state index in [-0.39, 0.29) is 10.8 Å². The van der Waals surface area contributed by atoms with Gasteiger partial charge in [0.2, 0.25) is 0 Å². The Bertz CT molecular complexity index is 2740. The summed E-state index contributed by atoms with van der Waals surface area (Å²) >= 11 is 0. The zero-order valence-corrected chi connectivity index (χ0v) is 32.4. The minimum absolute atomic E-state index is 0.101. The van der Waals surface area contributed by atoms with Crippen LogP contribution < -0.4 is 4.90 Å². The lowest BCUT2D eigenvalue weighted by Crippen LogP contribution is -2.43. The Hall–Kier alpha value is -6.64. The summed E-state index contributed by atoms with van der Waals surface area (Å²) in [6.45, 7) is 9.66. The number of para-hydroxylation sites is 2. The molecule has 10 rings (SSSR count). The molecule has 0 atom stereocenters. The largest absolute Gasteiger partial charge is 0.310 e. The molecule has 1 aliphatic carbocycles. The number of benzene rings is 8. The Kier molecular flexibility index (Phi) is 7.87. The van der Waals surface area contributed by atoms with Gasteiger partial charge in [-0.1, -0.05) is 161 Å². The van der Waals surface area contributed by atoms with E-state index in [4.69, 9.17) is 0 Å². The number of hydrogen-bond acceptors (Lipinski definition) is 1. The monoisotopic (exact) mass is 720 g/mol. The first-order valence-corrected chi connectivity index (χ1v) is 19.7. The third kappa shape index (κ3) is 5.32. The average molecular weight is 721 g/mol. The van der Waals surface area contributed by atoms with Crippen molar-refractivity contribution >= 4 is 38.9 Å². The van der Waals surface area contributed by atoms with E-state index < -0.39 is 0 Å². The minimum Gasteiger partial charge on any atom is -0.310 e. The van der Waals surface area contributed by atoms with Crippen LogP contribution in [-0.2, 0) is 10.8 Å². The standard InChI is InChI=1S/C54H44N2/c1-53(2)49-33-31-43(55(41-27-23-39(24-28-41)37-15-7-5-8-16-37)42-29-25-40(26-30-42)38-17-9-6-10-18-38)35-47(49)48-36-44(32-34-50(48)54(53,3)4)56-51-21-13-11-19-45(51)46-20-12-14-22-52(46)56/h5-36H,1-4H3. The fourth-order valence-corrected chi connectivity index (χ4v) is 9.07. The number of rotatable bonds is 6. The number of anilines is 3. The number of fused-ring (bicyclic) bond motifs is 6. The van der Waals surface area contributed by atoms with Gasteiger partial charge in [0, 0.05) is 33.5 Å². The molecule has 1 aromatic heterocycles. The Morgan fingerprint density at radius 2 is 0.750 bits per heavy atom. The number of hydrogen-bond donors (Lipinski definition) is 0.